The number of carbonyl (C=O) groups is 1. The monoisotopic (exact) mass is 272 g/mol. The highest BCUT2D eigenvalue weighted by molar-refractivity contribution is 7.99. The van der Waals surface area contributed by atoms with Gasteiger partial charge in [0, 0.05) is 43.6 Å². The molecule has 2 aliphatic heterocycles. The van der Waals surface area contributed by atoms with E-state index in [2.05, 4.69) is 4.90 Å². The highest BCUT2D eigenvalue weighted by Gasteiger charge is 2.33. The summed E-state index contributed by atoms with van der Waals surface area (Å²) in [6.07, 6.45) is 0.635. The molecule has 0 aromatic rings. The molecule has 2 saturated heterocycles. The second-order valence-electron chi connectivity index (χ2n) is 5.40. The van der Waals surface area contributed by atoms with Crippen LogP contribution in [0.3, 0.4) is 0 Å². The first-order valence-corrected chi connectivity index (χ1v) is 8.03. The van der Waals surface area contributed by atoms with Gasteiger partial charge in [-0.15, -0.1) is 0 Å². The molecular weight excluding hydrogens is 248 g/mol. The Balaban J connectivity index is 1.87. The molecule has 2 rings (SSSR count). The summed E-state index contributed by atoms with van der Waals surface area (Å²) in [6, 6.07) is -0.00125. The molecule has 1 amide bonds. The van der Waals surface area contributed by atoms with E-state index in [0.29, 0.717) is 0 Å². The van der Waals surface area contributed by atoms with Gasteiger partial charge in [-0.3, -0.25) is 9.69 Å². The van der Waals surface area contributed by atoms with Crippen LogP contribution in [0.1, 0.15) is 20.3 Å². The molecule has 0 spiro atoms. The lowest BCUT2D eigenvalue weighted by Gasteiger charge is -2.33. The Morgan fingerprint density at radius 1 is 1.28 bits per heavy atom. The second kappa shape index (κ2) is 6.26. The number of rotatable bonds is 3. The van der Waals surface area contributed by atoms with E-state index in [1.54, 1.807) is 0 Å². The number of likely N-dealkylation sites (tertiary alicyclic amines) is 1. The van der Waals surface area contributed by atoms with E-state index >= 15 is 0 Å². The van der Waals surface area contributed by atoms with Crippen LogP contribution in [0.15, 0.2) is 0 Å². The number of aliphatic hydroxyl groups is 1. The Labute approximate surface area is 114 Å². The SMILES string of the molecule is CC(O)C1CCN(C(=O)C(C)N2CCSCC2)C1. The fourth-order valence-electron chi connectivity index (χ4n) is 2.77. The predicted molar refractivity (Wildman–Crippen MR) is 74.7 cm³/mol. The van der Waals surface area contributed by atoms with E-state index in [0.717, 1.165) is 44.1 Å². The van der Waals surface area contributed by atoms with Gasteiger partial charge in [0.25, 0.3) is 0 Å². The van der Waals surface area contributed by atoms with Gasteiger partial charge in [-0.1, -0.05) is 0 Å². The average Bonchev–Trinajstić information content (AvgIpc) is 2.88. The molecule has 0 bridgehead atoms. The van der Waals surface area contributed by atoms with Gasteiger partial charge in [0.05, 0.1) is 12.1 Å². The van der Waals surface area contributed by atoms with Crippen molar-refractivity contribution in [3.05, 3.63) is 0 Å². The van der Waals surface area contributed by atoms with Crippen LogP contribution >= 0.6 is 11.8 Å². The Bertz CT molecular complexity index is 293. The van der Waals surface area contributed by atoms with E-state index in [4.69, 9.17) is 0 Å². The van der Waals surface area contributed by atoms with Crippen molar-refractivity contribution < 1.29 is 9.90 Å². The molecule has 0 radical (unpaired) electrons. The first kappa shape index (κ1) is 14.2. The average molecular weight is 272 g/mol. The summed E-state index contributed by atoms with van der Waals surface area (Å²) in [5.41, 5.74) is 0. The lowest BCUT2D eigenvalue weighted by Crippen LogP contribution is -2.49. The normalized spacial score (nSPS) is 29.3. The summed E-state index contributed by atoms with van der Waals surface area (Å²) >= 11 is 1.96. The maximum Gasteiger partial charge on any atom is 0.239 e. The summed E-state index contributed by atoms with van der Waals surface area (Å²) in [5.74, 6) is 2.77. The van der Waals surface area contributed by atoms with Crippen molar-refractivity contribution in [1.82, 2.24) is 9.80 Å². The summed E-state index contributed by atoms with van der Waals surface area (Å²) in [6.45, 7) is 7.42. The van der Waals surface area contributed by atoms with Crippen LogP contribution < -0.4 is 0 Å². The van der Waals surface area contributed by atoms with Crippen LogP contribution in [0.2, 0.25) is 0 Å². The number of nitrogens with zero attached hydrogens (tertiary/aromatic N) is 2. The van der Waals surface area contributed by atoms with E-state index in [1.807, 2.05) is 30.5 Å². The third-order valence-corrected chi connectivity index (χ3v) is 5.11. The first-order chi connectivity index (χ1) is 8.59. The maximum absolute atomic E-state index is 12.4. The van der Waals surface area contributed by atoms with Gasteiger partial charge in [-0.2, -0.15) is 11.8 Å². The smallest absolute Gasteiger partial charge is 0.239 e. The highest BCUT2D eigenvalue weighted by Crippen LogP contribution is 2.22. The minimum Gasteiger partial charge on any atom is -0.393 e. The van der Waals surface area contributed by atoms with Crippen LogP contribution in [0.4, 0.5) is 0 Å². The van der Waals surface area contributed by atoms with Crippen molar-refractivity contribution in [3.63, 3.8) is 0 Å². The Morgan fingerprint density at radius 3 is 2.50 bits per heavy atom. The zero-order valence-electron chi connectivity index (χ0n) is 11.3. The summed E-state index contributed by atoms with van der Waals surface area (Å²) in [4.78, 5) is 16.6. The van der Waals surface area contributed by atoms with Gasteiger partial charge < -0.3 is 10.0 Å². The lowest BCUT2D eigenvalue weighted by atomic mass is 10.0. The number of hydrogen-bond acceptors (Lipinski definition) is 4. The molecule has 104 valence electrons. The molecule has 18 heavy (non-hydrogen) atoms. The molecule has 0 saturated carbocycles. The standard InChI is InChI=1S/C13H24N2O2S/c1-10(14-5-7-18-8-6-14)13(17)15-4-3-12(9-15)11(2)16/h10-12,16H,3-9H2,1-2H3. The minimum absolute atomic E-state index is 0.00125. The molecular formula is C13H24N2O2S. The lowest BCUT2D eigenvalue weighted by molar-refractivity contribution is -0.135. The van der Waals surface area contributed by atoms with E-state index in [9.17, 15) is 9.90 Å². The largest absolute Gasteiger partial charge is 0.393 e. The van der Waals surface area contributed by atoms with Gasteiger partial charge in [0.15, 0.2) is 0 Å². The van der Waals surface area contributed by atoms with E-state index in [1.165, 1.54) is 0 Å². The molecule has 4 nitrogen and oxygen atoms in total. The molecule has 0 aromatic carbocycles. The van der Waals surface area contributed by atoms with Gasteiger partial charge in [0.2, 0.25) is 5.91 Å². The molecule has 2 heterocycles. The molecule has 1 N–H and O–H groups in total. The highest BCUT2D eigenvalue weighted by atomic mass is 32.2. The number of aliphatic hydroxyl groups excluding tert-OH is 1. The van der Waals surface area contributed by atoms with Crippen molar-refractivity contribution in [2.45, 2.75) is 32.4 Å². The van der Waals surface area contributed by atoms with Gasteiger partial charge in [-0.25, -0.2) is 0 Å². The zero-order valence-corrected chi connectivity index (χ0v) is 12.2. The van der Waals surface area contributed by atoms with Crippen LogP contribution in [-0.4, -0.2) is 70.6 Å². The van der Waals surface area contributed by atoms with Gasteiger partial charge >= 0.3 is 0 Å². The molecule has 3 unspecified atom stereocenters. The molecule has 2 aliphatic rings. The van der Waals surface area contributed by atoms with Gasteiger partial charge in [-0.05, 0) is 20.3 Å². The van der Waals surface area contributed by atoms with E-state index < -0.39 is 0 Å². The zero-order chi connectivity index (χ0) is 13.1. The summed E-state index contributed by atoms with van der Waals surface area (Å²) < 4.78 is 0. The molecule has 0 aromatic heterocycles. The molecule has 5 heteroatoms. The first-order valence-electron chi connectivity index (χ1n) is 6.88. The molecule has 3 atom stereocenters. The fraction of sp³-hybridized carbons (Fsp3) is 0.923. The third-order valence-electron chi connectivity index (χ3n) is 4.17. The van der Waals surface area contributed by atoms with Crippen molar-refractivity contribution in [3.8, 4) is 0 Å². The van der Waals surface area contributed by atoms with Crippen LogP contribution in [0, 0.1) is 5.92 Å². The maximum atomic E-state index is 12.4. The van der Waals surface area contributed by atoms with E-state index in [-0.39, 0.29) is 24.0 Å². The number of hydrogen-bond donors (Lipinski definition) is 1. The Hall–Kier alpha value is -0.260. The molecule has 0 aliphatic carbocycles. The van der Waals surface area contributed by atoms with Crippen LogP contribution in [-0.2, 0) is 4.79 Å². The quantitative estimate of drug-likeness (QED) is 0.819. The van der Waals surface area contributed by atoms with Gasteiger partial charge in [0.1, 0.15) is 0 Å². The molecule has 2 fully saturated rings. The Kier molecular flexibility index (Phi) is 4.92. The Morgan fingerprint density at radius 2 is 1.94 bits per heavy atom. The third kappa shape index (κ3) is 3.19. The van der Waals surface area contributed by atoms with Crippen LogP contribution in [0.5, 0.6) is 0 Å². The fourth-order valence-corrected chi connectivity index (χ4v) is 3.70. The predicted octanol–water partition coefficient (Wildman–Crippen LogP) is 0.653. The summed E-state index contributed by atoms with van der Waals surface area (Å²) in [5, 5.41) is 9.59. The minimum atomic E-state index is -0.301. The van der Waals surface area contributed by atoms with Crippen LogP contribution in [0.25, 0.3) is 0 Å². The number of carbonyl (C=O) groups excluding carboxylic acids is 1. The summed E-state index contributed by atoms with van der Waals surface area (Å²) in [7, 11) is 0. The number of thioether (sulfide) groups is 1. The van der Waals surface area contributed by atoms with Crippen molar-refractivity contribution in [2.24, 2.45) is 5.92 Å². The van der Waals surface area contributed by atoms with Crippen molar-refractivity contribution in [1.29, 1.82) is 0 Å². The van der Waals surface area contributed by atoms with Crippen molar-refractivity contribution in [2.75, 3.05) is 37.7 Å². The van der Waals surface area contributed by atoms with Crippen molar-refractivity contribution >= 4 is 17.7 Å². The number of amides is 1. The second-order valence-corrected chi connectivity index (χ2v) is 6.62. The topological polar surface area (TPSA) is 43.8 Å².